The average molecular weight is 369 g/mol. The van der Waals surface area contributed by atoms with Crippen LogP contribution in [-0.2, 0) is 6.54 Å². The smallest absolute Gasteiger partial charge is 0.193 e. The van der Waals surface area contributed by atoms with Gasteiger partial charge in [0.1, 0.15) is 5.82 Å². The molecule has 1 unspecified atom stereocenters. The number of rotatable bonds is 6. The quantitative estimate of drug-likeness (QED) is 0.622. The van der Waals surface area contributed by atoms with Gasteiger partial charge in [0.2, 0.25) is 0 Å². The van der Waals surface area contributed by atoms with Crippen molar-refractivity contribution in [2.75, 3.05) is 38.1 Å². The van der Waals surface area contributed by atoms with Crippen molar-refractivity contribution >= 4 is 11.6 Å². The van der Waals surface area contributed by atoms with Gasteiger partial charge in [0, 0.05) is 45.5 Å². The van der Waals surface area contributed by atoms with Crippen LogP contribution < -0.4 is 10.2 Å². The Kier molecular flexibility index (Phi) is 6.69. The first-order valence-electron chi connectivity index (χ1n) is 9.69. The minimum Gasteiger partial charge on any atom is -0.371 e. The molecule has 1 atom stereocenters. The molecule has 0 aromatic heterocycles. The fourth-order valence-electron chi connectivity index (χ4n) is 3.52. The highest BCUT2D eigenvalue weighted by atomic mass is 19.1. The number of nitrogens with one attached hydrogen (secondary N) is 1. The highest BCUT2D eigenvalue weighted by molar-refractivity contribution is 5.79. The minimum absolute atomic E-state index is 0.199. The van der Waals surface area contributed by atoms with Gasteiger partial charge in [-0.1, -0.05) is 30.3 Å². The third-order valence-corrected chi connectivity index (χ3v) is 4.91. The molecule has 1 saturated heterocycles. The maximum absolute atomic E-state index is 13.4. The first kappa shape index (κ1) is 19.2. The summed E-state index contributed by atoms with van der Waals surface area (Å²) in [5, 5.41) is 3.35. The van der Waals surface area contributed by atoms with Gasteiger partial charge in [-0.25, -0.2) is 4.39 Å². The Bertz CT molecular complexity index is 747. The minimum atomic E-state index is -0.199. The lowest BCUT2D eigenvalue weighted by Crippen LogP contribution is -2.39. The average Bonchev–Trinajstić information content (AvgIpc) is 3.15. The number of nitrogens with zero attached hydrogens (tertiary/aromatic N) is 3. The molecule has 1 aliphatic rings. The lowest BCUT2D eigenvalue weighted by molar-refractivity contribution is 0.470. The van der Waals surface area contributed by atoms with Gasteiger partial charge in [0.25, 0.3) is 0 Å². The molecule has 0 saturated carbocycles. The van der Waals surface area contributed by atoms with E-state index in [1.54, 1.807) is 12.1 Å². The number of aliphatic imine (C=N–C) groups is 1. The number of benzene rings is 2. The number of hydrogen-bond acceptors (Lipinski definition) is 2. The zero-order valence-corrected chi connectivity index (χ0v) is 16.2. The maximum Gasteiger partial charge on any atom is 0.193 e. The van der Waals surface area contributed by atoms with E-state index in [2.05, 4.69) is 52.4 Å². The molecule has 0 radical (unpaired) electrons. The fourth-order valence-corrected chi connectivity index (χ4v) is 3.52. The topological polar surface area (TPSA) is 30.9 Å². The van der Waals surface area contributed by atoms with Crippen LogP contribution in [0, 0.1) is 11.7 Å². The van der Waals surface area contributed by atoms with Crippen molar-refractivity contribution in [3.05, 3.63) is 66.0 Å². The van der Waals surface area contributed by atoms with Crippen LogP contribution in [0.25, 0.3) is 0 Å². The molecule has 0 bridgehead atoms. The molecular formula is C22H29FN4. The van der Waals surface area contributed by atoms with Crippen molar-refractivity contribution in [3.8, 4) is 0 Å². The highest BCUT2D eigenvalue weighted by Crippen LogP contribution is 2.23. The van der Waals surface area contributed by atoms with Gasteiger partial charge in [-0.15, -0.1) is 0 Å². The summed E-state index contributed by atoms with van der Waals surface area (Å²) in [7, 11) is 2.00. The third kappa shape index (κ3) is 5.46. The summed E-state index contributed by atoms with van der Waals surface area (Å²) < 4.78 is 13.4. The molecule has 1 N–H and O–H groups in total. The summed E-state index contributed by atoms with van der Waals surface area (Å²) >= 11 is 0. The number of anilines is 1. The van der Waals surface area contributed by atoms with Crippen molar-refractivity contribution in [1.29, 1.82) is 0 Å². The Morgan fingerprint density at radius 1 is 1.22 bits per heavy atom. The van der Waals surface area contributed by atoms with Crippen LogP contribution in [0.4, 0.5) is 10.1 Å². The summed E-state index contributed by atoms with van der Waals surface area (Å²) in [5.74, 6) is 1.23. The van der Waals surface area contributed by atoms with E-state index in [1.165, 1.54) is 11.8 Å². The molecule has 5 heteroatoms. The SMILES string of the molecule is CCNC(=NCC1CCN(c2ccccc2)C1)N(C)Cc1cccc(F)c1. The molecule has 2 aromatic rings. The molecule has 27 heavy (non-hydrogen) atoms. The number of guanidine groups is 1. The summed E-state index contributed by atoms with van der Waals surface area (Å²) in [5.41, 5.74) is 2.23. The Balaban J connectivity index is 1.58. The number of hydrogen-bond donors (Lipinski definition) is 1. The first-order valence-corrected chi connectivity index (χ1v) is 9.69. The summed E-state index contributed by atoms with van der Waals surface area (Å²) in [6.45, 7) is 6.44. The molecule has 4 nitrogen and oxygen atoms in total. The predicted octanol–water partition coefficient (Wildman–Crippen LogP) is 3.75. The fraction of sp³-hybridized carbons (Fsp3) is 0.409. The lowest BCUT2D eigenvalue weighted by Gasteiger charge is -2.23. The van der Waals surface area contributed by atoms with Gasteiger partial charge in [-0.3, -0.25) is 4.99 Å². The summed E-state index contributed by atoms with van der Waals surface area (Å²) in [4.78, 5) is 9.34. The molecular weight excluding hydrogens is 339 g/mol. The molecule has 1 fully saturated rings. The van der Waals surface area contributed by atoms with Gasteiger partial charge in [-0.05, 0) is 49.1 Å². The monoisotopic (exact) mass is 368 g/mol. The van der Waals surface area contributed by atoms with Gasteiger partial charge in [0.05, 0.1) is 0 Å². The van der Waals surface area contributed by atoms with Gasteiger partial charge in [-0.2, -0.15) is 0 Å². The van der Waals surface area contributed by atoms with Crippen LogP contribution in [0.3, 0.4) is 0 Å². The van der Waals surface area contributed by atoms with Crippen LogP contribution in [0.1, 0.15) is 18.9 Å². The normalized spacial score (nSPS) is 17.2. The van der Waals surface area contributed by atoms with Crippen LogP contribution in [0.15, 0.2) is 59.6 Å². The third-order valence-electron chi connectivity index (χ3n) is 4.91. The van der Waals surface area contributed by atoms with E-state index in [9.17, 15) is 4.39 Å². The second kappa shape index (κ2) is 9.40. The van der Waals surface area contributed by atoms with E-state index >= 15 is 0 Å². The standard InChI is InChI=1S/C22H29FN4/c1-3-24-22(26(2)16-18-8-7-9-20(23)14-18)25-15-19-12-13-27(17-19)21-10-5-4-6-11-21/h4-11,14,19H,3,12-13,15-17H2,1-2H3,(H,24,25). The van der Waals surface area contributed by atoms with E-state index in [0.717, 1.165) is 44.1 Å². The van der Waals surface area contributed by atoms with Gasteiger partial charge >= 0.3 is 0 Å². The van der Waals surface area contributed by atoms with Crippen molar-refractivity contribution in [1.82, 2.24) is 10.2 Å². The molecule has 144 valence electrons. The largest absolute Gasteiger partial charge is 0.371 e. The maximum atomic E-state index is 13.4. The molecule has 0 spiro atoms. The van der Waals surface area contributed by atoms with Gasteiger partial charge < -0.3 is 15.1 Å². The van der Waals surface area contributed by atoms with E-state index in [4.69, 9.17) is 4.99 Å². The second-order valence-corrected chi connectivity index (χ2v) is 7.12. The Morgan fingerprint density at radius 2 is 2.04 bits per heavy atom. The lowest BCUT2D eigenvalue weighted by atomic mass is 10.1. The molecule has 1 heterocycles. The summed E-state index contributed by atoms with van der Waals surface area (Å²) in [6, 6.07) is 17.3. The number of halogens is 1. The van der Waals surface area contributed by atoms with Gasteiger partial charge in [0.15, 0.2) is 5.96 Å². The Morgan fingerprint density at radius 3 is 2.78 bits per heavy atom. The Labute approximate surface area is 161 Å². The molecule has 3 rings (SSSR count). The molecule has 2 aromatic carbocycles. The Hall–Kier alpha value is -2.56. The summed E-state index contributed by atoms with van der Waals surface area (Å²) in [6.07, 6.45) is 1.16. The van der Waals surface area contributed by atoms with E-state index in [0.29, 0.717) is 12.5 Å². The first-order chi connectivity index (χ1) is 13.2. The molecule has 1 aliphatic heterocycles. The number of para-hydroxylation sites is 1. The highest BCUT2D eigenvalue weighted by Gasteiger charge is 2.22. The van der Waals surface area contributed by atoms with Crippen LogP contribution in [0.2, 0.25) is 0 Å². The van der Waals surface area contributed by atoms with Crippen LogP contribution in [0.5, 0.6) is 0 Å². The molecule has 0 amide bonds. The van der Waals surface area contributed by atoms with E-state index in [1.807, 2.05) is 13.1 Å². The predicted molar refractivity (Wildman–Crippen MR) is 111 cm³/mol. The zero-order valence-electron chi connectivity index (χ0n) is 16.2. The zero-order chi connectivity index (χ0) is 19.1. The van der Waals surface area contributed by atoms with Crippen molar-refractivity contribution in [2.24, 2.45) is 10.9 Å². The van der Waals surface area contributed by atoms with E-state index in [-0.39, 0.29) is 5.82 Å². The molecule has 0 aliphatic carbocycles. The van der Waals surface area contributed by atoms with Crippen molar-refractivity contribution in [3.63, 3.8) is 0 Å². The van der Waals surface area contributed by atoms with Crippen molar-refractivity contribution in [2.45, 2.75) is 19.9 Å². The van der Waals surface area contributed by atoms with Crippen LogP contribution in [-0.4, -0.2) is 44.1 Å². The second-order valence-electron chi connectivity index (χ2n) is 7.12. The van der Waals surface area contributed by atoms with Crippen molar-refractivity contribution < 1.29 is 4.39 Å². The van der Waals surface area contributed by atoms with Crippen LogP contribution >= 0.6 is 0 Å². The van der Waals surface area contributed by atoms with E-state index < -0.39 is 0 Å².